The second kappa shape index (κ2) is 7.60. The Morgan fingerprint density at radius 2 is 1.92 bits per heavy atom. The molecule has 2 aromatic carbocycles. The van der Waals surface area contributed by atoms with Gasteiger partial charge in [-0.25, -0.2) is 4.98 Å². The van der Waals surface area contributed by atoms with Gasteiger partial charge in [-0.2, -0.15) is 0 Å². The first-order chi connectivity index (χ1) is 12.1. The zero-order valence-corrected chi connectivity index (χ0v) is 15.5. The molecule has 0 saturated heterocycles. The number of methoxy groups -OCH3 is 1. The van der Waals surface area contributed by atoms with Crippen LogP contribution in [-0.2, 0) is 13.0 Å². The average Bonchev–Trinajstić information content (AvgIpc) is 2.91. The second-order valence-electron chi connectivity index (χ2n) is 6.64. The fourth-order valence-electron chi connectivity index (χ4n) is 3.08. The van der Waals surface area contributed by atoms with E-state index in [0.29, 0.717) is 12.5 Å². The summed E-state index contributed by atoms with van der Waals surface area (Å²) < 4.78 is 13.3. The van der Waals surface area contributed by atoms with Gasteiger partial charge in [-0.15, -0.1) is 0 Å². The van der Waals surface area contributed by atoms with Crippen LogP contribution in [0.4, 0.5) is 0 Å². The third-order valence-corrected chi connectivity index (χ3v) is 4.15. The van der Waals surface area contributed by atoms with Gasteiger partial charge in [0.1, 0.15) is 17.3 Å². The van der Waals surface area contributed by atoms with Gasteiger partial charge < -0.3 is 14.0 Å². The molecule has 0 fully saturated rings. The van der Waals surface area contributed by atoms with Crippen LogP contribution in [0.15, 0.2) is 42.5 Å². The van der Waals surface area contributed by atoms with Crippen molar-refractivity contribution in [2.24, 2.45) is 5.92 Å². The number of imidazole rings is 1. The van der Waals surface area contributed by atoms with Gasteiger partial charge in [0.2, 0.25) is 0 Å². The first-order valence-electron chi connectivity index (χ1n) is 8.85. The highest BCUT2D eigenvalue weighted by atomic mass is 16.5. The van der Waals surface area contributed by atoms with Crippen LogP contribution in [0.3, 0.4) is 0 Å². The molecule has 132 valence electrons. The molecular weight excluding hydrogens is 312 g/mol. The highest BCUT2D eigenvalue weighted by molar-refractivity contribution is 5.78. The SMILES string of the molecule is CCOc1ccc2c(c1)nc(Cc1cccc(OC)c1)n2CC(C)C. The van der Waals surface area contributed by atoms with Gasteiger partial charge in [0.15, 0.2) is 0 Å². The van der Waals surface area contributed by atoms with E-state index in [1.165, 1.54) is 5.56 Å². The third kappa shape index (κ3) is 3.95. The van der Waals surface area contributed by atoms with Crippen LogP contribution < -0.4 is 9.47 Å². The number of hydrogen-bond acceptors (Lipinski definition) is 3. The van der Waals surface area contributed by atoms with Crippen molar-refractivity contribution in [3.63, 3.8) is 0 Å². The molecule has 0 saturated carbocycles. The van der Waals surface area contributed by atoms with Gasteiger partial charge in [0.05, 0.1) is 24.8 Å². The van der Waals surface area contributed by atoms with E-state index in [2.05, 4.69) is 36.6 Å². The van der Waals surface area contributed by atoms with E-state index < -0.39 is 0 Å². The van der Waals surface area contributed by atoms with Gasteiger partial charge in [0.25, 0.3) is 0 Å². The number of aromatic nitrogens is 2. The van der Waals surface area contributed by atoms with E-state index in [-0.39, 0.29) is 0 Å². The lowest BCUT2D eigenvalue weighted by Gasteiger charge is -2.12. The standard InChI is InChI=1S/C21H26N2O2/c1-5-25-18-9-10-20-19(13-18)22-21(23(20)14-15(2)3)12-16-7-6-8-17(11-16)24-4/h6-11,13,15H,5,12,14H2,1-4H3. The average molecular weight is 338 g/mol. The van der Waals surface area contributed by atoms with E-state index in [4.69, 9.17) is 14.5 Å². The van der Waals surface area contributed by atoms with Gasteiger partial charge in [0, 0.05) is 19.0 Å². The lowest BCUT2D eigenvalue weighted by Crippen LogP contribution is -2.09. The molecular formula is C21H26N2O2. The predicted octanol–water partition coefficient (Wildman–Crippen LogP) is 4.69. The van der Waals surface area contributed by atoms with Crippen molar-refractivity contribution in [3.05, 3.63) is 53.9 Å². The summed E-state index contributed by atoms with van der Waals surface area (Å²) >= 11 is 0. The van der Waals surface area contributed by atoms with Crippen molar-refractivity contribution < 1.29 is 9.47 Å². The van der Waals surface area contributed by atoms with E-state index in [0.717, 1.165) is 41.3 Å². The Labute approximate surface area is 149 Å². The largest absolute Gasteiger partial charge is 0.497 e. The lowest BCUT2D eigenvalue weighted by molar-refractivity contribution is 0.340. The van der Waals surface area contributed by atoms with Crippen molar-refractivity contribution in [3.8, 4) is 11.5 Å². The zero-order chi connectivity index (χ0) is 17.8. The van der Waals surface area contributed by atoms with Crippen LogP contribution >= 0.6 is 0 Å². The molecule has 4 heteroatoms. The predicted molar refractivity (Wildman–Crippen MR) is 102 cm³/mol. The highest BCUT2D eigenvalue weighted by Gasteiger charge is 2.13. The van der Waals surface area contributed by atoms with Crippen LogP contribution in [0.5, 0.6) is 11.5 Å². The summed E-state index contributed by atoms with van der Waals surface area (Å²) in [6, 6.07) is 14.4. The molecule has 0 aliphatic heterocycles. The fourth-order valence-corrected chi connectivity index (χ4v) is 3.08. The Kier molecular flexibility index (Phi) is 5.27. The minimum atomic E-state index is 0.549. The molecule has 0 amide bonds. The Bertz CT molecular complexity index is 852. The first-order valence-corrected chi connectivity index (χ1v) is 8.85. The quantitative estimate of drug-likeness (QED) is 0.627. The maximum absolute atomic E-state index is 5.63. The molecule has 0 spiro atoms. The van der Waals surface area contributed by atoms with Gasteiger partial charge in [-0.05, 0) is 42.7 Å². The number of hydrogen-bond donors (Lipinski definition) is 0. The maximum Gasteiger partial charge on any atom is 0.121 e. The smallest absolute Gasteiger partial charge is 0.121 e. The molecule has 0 bridgehead atoms. The topological polar surface area (TPSA) is 36.3 Å². The fraction of sp³-hybridized carbons (Fsp3) is 0.381. The van der Waals surface area contributed by atoms with Crippen LogP contribution in [0.1, 0.15) is 32.2 Å². The molecule has 3 aromatic rings. The van der Waals surface area contributed by atoms with E-state index >= 15 is 0 Å². The van der Waals surface area contributed by atoms with Crippen molar-refractivity contribution in [1.29, 1.82) is 0 Å². The van der Waals surface area contributed by atoms with E-state index in [1.54, 1.807) is 7.11 Å². The van der Waals surface area contributed by atoms with Crippen molar-refractivity contribution in [1.82, 2.24) is 9.55 Å². The minimum absolute atomic E-state index is 0.549. The van der Waals surface area contributed by atoms with Crippen LogP contribution in [0.2, 0.25) is 0 Å². The molecule has 0 atom stereocenters. The monoisotopic (exact) mass is 338 g/mol. The maximum atomic E-state index is 5.63. The van der Waals surface area contributed by atoms with Gasteiger partial charge >= 0.3 is 0 Å². The normalized spacial score (nSPS) is 11.2. The number of rotatable bonds is 7. The molecule has 0 aliphatic rings. The lowest BCUT2D eigenvalue weighted by atomic mass is 10.1. The van der Waals surface area contributed by atoms with Crippen LogP contribution in [-0.4, -0.2) is 23.3 Å². The molecule has 0 aliphatic carbocycles. The Morgan fingerprint density at radius 3 is 2.64 bits per heavy atom. The second-order valence-corrected chi connectivity index (χ2v) is 6.64. The molecule has 0 unspecified atom stereocenters. The summed E-state index contributed by atoms with van der Waals surface area (Å²) in [5.41, 5.74) is 3.35. The molecule has 3 rings (SSSR count). The Balaban J connectivity index is 2.02. The Morgan fingerprint density at radius 1 is 1.08 bits per heavy atom. The summed E-state index contributed by atoms with van der Waals surface area (Å²) in [7, 11) is 1.70. The number of ether oxygens (including phenoxy) is 2. The molecule has 4 nitrogen and oxygen atoms in total. The summed E-state index contributed by atoms with van der Waals surface area (Å²) in [6.07, 6.45) is 0.780. The van der Waals surface area contributed by atoms with Crippen molar-refractivity contribution >= 4 is 11.0 Å². The first kappa shape index (κ1) is 17.3. The zero-order valence-electron chi connectivity index (χ0n) is 15.5. The third-order valence-electron chi connectivity index (χ3n) is 4.15. The van der Waals surface area contributed by atoms with Crippen LogP contribution in [0.25, 0.3) is 11.0 Å². The van der Waals surface area contributed by atoms with Crippen LogP contribution in [0, 0.1) is 5.92 Å². The number of benzene rings is 2. The molecule has 25 heavy (non-hydrogen) atoms. The van der Waals surface area contributed by atoms with E-state index in [9.17, 15) is 0 Å². The number of nitrogens with zero attached hydrogens (tertiary/aromatic N) is 2. The highest BCUT2D eigenvalue weighted by Crippen LogP contribution is 2.25. The summed E-state index contributed by atoms with van der Waals surface area (Å²) in [4.78, 5) is 4.90. The van der Waals surface area contributed by atoms with Crippen molar-refractivity contribution in [2.45, 2.75) is 33.7 Å². The van der Waals surface area contributed by atoms with Gasteiger partial charge in [-0.1, -0.05) is 26.0 Å². The summed E-state index contributed by atoms with van der Waals surface area (Å²) in [5, 5.41) is 0. The van der Waals surface area contributed by atoms with E-state index in [1.807, 2.05) is 31.2 Å². The minimum Gasteiger partial charge on any atom is -0.497 e. The Hall–Kier alpha value is -2.49. The number of fused-ring (bicyclic) bond motifs is 1. The van der Waals surface area contributed by atoms with Crippen molar-refractivity contribution in [2.75, 3.05) is 13.7 Å². The molecule has 1 heterocycles. The van der Waals surface area contributed by atoms with Gasteiger partial charge in [-0.3, -0.25) is 0 Å². The summed E-state index contributed by atoms with van der Waals surface area (Å²) in [6.45, 7) is 8.07. The molecule has 0 N–H and O–H groups in total. The molecule has 1 aromatic heterocycles. The molecule has 0 radical (unpaired) electrons. The summed E-state index contributed by atoms with van der Waals surface area (Å²) in [5.74, 6) is 3.37.